The molecule has 0 aliphatic carbocycles. The SMILES string of the molecule is CC/C=C\C/C=C\C/C=C\C/C=C\C/C=C\C/C=C\C/C=C\CCCCCCCCCCCCCC(=O)OCC(COC(=O)CCCCCCCCCC)OC(=O)CCCCCCC/C=C\CCCC. The van der Waals surface area contributed by atoms with Gasteiger partial charge in [-0.05, 0) is 96.3 Å². The maximum absolute atomic E-state index is 12.7. The monoisotopic (exact) mass is 973 g/mol. The van der Waals surface area contributed by atoms with E-state index in [1.165, 1.54) is 116 Å². The van der Waals surface area contributed by atoms with E-state index in [1.54, 1.807) is 0 Å². The van der Waals surface area contributed by atoms with Crippen LogP contribution >= 0.6 is 0 Å². The Morgan fingerprint density at radius 2 is 0.571 bits per heavy atom. The quantitative estimate of drug-likeness (QED) is 0.0262. The summed E-state index contributed by atoms with van der Waals surface area (Å²) in [6.07, 6.45) is 77.2. The number of esters is 3. The Labute approximate surface area is 432 Å². The van der Waals surface area contributed by atoms with Crippen molar-refractivity contribution < 1.29 is 28.6 Å². The molecule has 400 valence electrons. The Kier molecular flexibility index (Phi) is 54.9. The lowest BCUT2D eigenvalue weighted by molar-refractivity contribution is -0.167. The molecule has 1 atom stereocenters. The van der Waals surface area contributed by atoms with Crippen molar-refractivity contribution in [2.24, 2.45) is 0 Å². The Balaban J connectivity index is 4.07. The molecule has 0 aliphatic heterocycles. The molecule has 0 aromatic carbocycles. The van der Waals surface area contributed by atoms with Crippen LogP contribution in [0.25, 0.3) is 0 Å². The molecule has 0 N–H and O–H groups in total. The fraction of sp³-hybridized carbons (Fsp3) is 0.703. The standard InChI is InChI=1S/C64H108O6/c1-4-7-10-13-16-19-21-22-23-24-25-26-27-28-29-30-31-32-33-34-35-36-37-38-39-40-41-42-44-45-48-51-54-57-63(66)69-60-61(59-68-62(65)56-53-50-47-18-15-12-9-6-3)70-64(67)58-55-52-49-46-43-20-17-14-11-8-5-2/h7,10,14,16-17,19,22-23,25-26,28-29,31-32,34-35,61H,4-6,8-9,11-13,15,18,20-21,24,27,30,33,36-60H2,1-3H3/b10-7-,17-14-,19-16-,23-22-,26-25-,29-28-,32-31-,35-34-. The second kappa shape index (κ2) is 57.9. The normalized spacial score (nSPS) is 12.8. The van der Waals surface area contributed by atoms with E-state index in [2.05, 4.69) is 118 Å². The van der Waals surface area contributed by atoms with E-state index in [-0.39, 0.29) is 31.1 Å². The fourth-order valence-corrected chi connectivity index (χ4v) is 7.93. The number of allylic oxidation sites excluding steroid dienone is 16. The van der Waals surface area contributed by atoms with Crippen molar-refractivity contribution in [3.8, 4) is 0 Å². The van der Waals surface area contributed by atoms with Gasteiger partial charge in [-0.1, -0.05) is 253 Å². The van der Waals surface area contributed by atoms with Crippen LogP contribution in [0, 0.1) is 0 Å². The molecule has 6 heteroatoms. The molecule has 1 unspecified atom stereocenters. The summed E-state index contributed by atoms with van der Waals surface area (Å²) in [6.45, 7) is 6.45. The van der Waals surface area contributed by atoms with E-state index in [1.807, 2.05) is 0 Å². The predicted molar refractivity (Wildman–Crippen MR) is 302 cm³/mol. The lowest BCUT2D eigenvalue weighted by atomic mass is 10.0. The molecule has 0 saturated heterocycles. The minimum absolute atomic E-state index is 0.0791. The van der Waals surface area contributed by atoms with Crippen molar-refractivity contribution in [3.05, 3.63) is 97.2 Å². The number of hydrogen-bond acceptors (Lipinski definition) is 6. The third-order valence-corrected chi connectivity index (χ3v) is 12.3. The van der Waals surface area contributed by atoms with E-state index < -0.39 is 6.10 Å². The fourth-order valence-electron chi connectivity index (χ4n) is 7.93. The van der Waals surface area contributed by atoms with Gasteiger partial charge in [0.25, 0.3) is 0 Å². The zero-order valence-corrected chi connectivity index (χ0v) is 45.8. The first kappa shape index (κ1) is 66.3. The second-order valence-corrected chi connectivity index (χ2v) is 19.2. The summed E-state index contributed by atoms with van der Waals surface area (Å²) >= 11 is 0. The van der Waals surface area contributed by atoms with Crippen molar-refractivity contribution in [1.82, 2.24) is 0 Å². The van der Waals surface area contributed by atoms with Gasteiger partial charge in [-0.3, -0.25) is 14.4 Å². The van der Waals surface area contributed by atoms with Crippen LogP contribution in [0.4, 0.5) is 0 Å². The zero-order chi connectivity index (χ0) is 50.7. The van der Waals surface area contributed by atoms with Crippen molar-refractivity contribution in [2.75, 3.05) is 13.2 Å². The summed E-state index contributed by atoms with van der Waals surface area (Å²) < 4.78 is 16.8. The van der Waals surface area contributed by atoms with Crippen molar-refractivity contribution >= 4 is 17.9 Å². The van der Waals surface area contributed by atoms with Gasteiger partial charge < -0.3 is 14.2 Å². The van der Waals surface area contributed by atoms with Crippen LogP contribution in [0.2, 0.25) is 0 Å². The largest absolute Gasteiger partial charge is 0.462 e. The molecule has 0 saturated carbocycles. The van der Waals surface area contributed by atoms with Gasteiger partial charge in [0, 0.05) is 19.3 Å². The highest BCUT2D eigenvalue weighted by Gasteiger charge is 2.19. The van der Waals surface area contributed by atoms with E-state index in [0.717, 1.165) is 116 Å². The molecule has 0 bridgehead atoms. The maximum Gasteiger partial charge on any atom is 0.306 e. The minimum atomic E-state index is -0.778. The van der Waals surface area contributed by atoms with Crippen molar-refractivity contribution in [3.63, 3.8) is 0 Å². The number of hydrogen-bond donors (Lipinski definition) is 0. The first-order valence-corrected chi connectivity index (χ1v) is 29.2. The number of carbonyl (C=O) groups excluding carboxylic acids is 3. The first-order chi connectivity index (χ1) is 34.5. The molecule has 0 amide bonds. The van der Waals surface area contributed by atoms with Gasteiger partial charge in [-0.25, -0.2) is 0 Å². The molecule has 0 heterocycles. The molecule has 6 nitrogen and oxygen atoms in total. The van der Waals surface area contributed by atoms with Crippen LogP contribution < -0.4 is 0 Å². The van der Waals surface area contributed by atoms with Crippen molar-refractivity contribution in [1.29, 1.82) is 0 Å². The lowest BCUT2D eigenvalue weighted by Gasteiger charge is -2.18. The van der Waals surface area contributed by atoms with E-state index in [9.17, 15) is 14.4 Å². The summed E-state index contributed by atoms with van der Waals surface area (Å²) in [5, 5.41) is 0. The molecule has 0 aromatic rings. The van der Waals surface area contributed by atoms with Gasteiger partial charge >= 0.3 is 17.9 Å². The minimum Gasteiger partial charge on any atom is -0.462 e. The molecule has 0 radical (unpaired) electrons. The second-order valence-electron chi connectivity index (χ2n) is 19.2. The summed E-state index contributed by atoms with van der Waals surface area (Å²) in [4.78, 5) is 37.9. The lowest BCUT2D eigenvalue weighted by Crippen LogP contribution is -2.30. The van der Waals surface area contributed by atoms with Crippen LogP contribution in [0.15, 0.2) is 97.2 Å². The number of ether oxygens (including phenoxy) is 3. The Bertz CT molecular complexity index is 1400. The van der Waals surface area contributed by atoms with Crippen LogP contribution in [-0.4, -0.2) is 37.2 Å². The zero-order valence-electron chi connectivity index (χ0n) is 45.8. The third-order valence-electron chi connectivity index (χ3n) is 12.3. The number of rotatable bonds is 52. The van der Waals surface area contributed by atoms with E-state index >= 15 is 0 Å². The third kappa shape index (κ3) is 55.3. The van der Waals surface area contributed by atoms with Gasteiger partial charge in [0.1, 0.15) is 13.2 Å². The summed E-state index contributed by atoms with van der Waals surface area (Å²) in [5.74, 6) is -0.895. The molecule has 0 fully saturated rings. The van der Waals surface area contributed by atoms with Gasteiger partial charge in [0.15, 0.2) is 6.10 Å². The average Bonchev–Trinajstić information content (AvgIpc) is 3.36. The molecule has 0 aromatic heterocycles. The molecule has 70 heavy (non-hydrogen) atoms. The van der Waals surface area contributed by atoms with Crippen LogP contribution in [0.3, 0.4) is 0 Å². The van der Waals surface area contributed by atoms with Gasteiger partial charge in [-0.15, -0.1) is 0 Å². The molecular formula is C64H108O6. The van der Waals surface area contributed by atoms with Crippen molar-refractivity contribution in [2.45, 2.75) is 277 Å². The summed E-state index contributed by atoms with van der Waals surface area (Å²) in [5.41, 5.74) is 0. The van der Waals surface area contributed by atoms with Gasteiger partial charge in [0.2, 0.25) is 0 Å². The Hall–Kier alpha value is -3.67. The predicted octanol–water partition coefficient (Wildman–Crippen LogP) is 19.7. The summed E-state index contributed by atoms with van der Waals surface area (Å²) in [6, 6.07) is 0. The van der Waals surface area contributed by atoms with E-state index in [0.29, 0.717) is 19.3 Å². The highest BCUT2D eigenvalue weighted by Crippen LogP contribution is 2.15. The number of unbranched alkanes of at least 4 members (excludes halogenated alkanes) is 25. The highest BCUT2D eigenvalue weighted by molar-refractivity contribution is 5.71. The van der Waals surface area contributed by atoms with Crippen LogP contribution in [-0.2, 0) is 28.6 Å². The van der Waals surface area contributed by atoms with Crippen LogP contribution in [0.1, 0.15) is 271 Å². The van der Waals surface area contributed by atoms with Crippen LogP contribution in [0.5, 0.6) is 0 Å². The molecule has 0 spiro atoms. The molecular weight excluding hydrogens is 865 g/mol. The smallest absolute Gasteiger partial charge is 0.306 e. The average molecular weight is 974 g/mol. The Morgan fingerprint density at radius 1 is 0.300 bits per heavy atom. The first-order valence-electron chi connectivity index (χ1n) is 29.2. The topological polar surface area (TPSA) is 78.9 Å². The molecule has 0 aliphatic rings. The van der Waals surface area contributed by atoms with Gasteiger partial charge in [-0.2, -0.15) is 0 Å². The number of carbonyl (C=O) groups is 3. The maximum atomic E-state index is 12.7. The summed E-state index contributed by atoms with van der Waals surface area (Å²) in [7, 11) is 0. The highest BCUT2D eigenvalue weighted by atomic mass is 16.6. The molecule has 0 rings (SSSR count). The van der Waals surface area contributed by atoms with E-state index in [4.69, 9.17) is 14.2 Å². The Morgan fingerprint density at radius 3 is 0.929 bits per heavy atom. The van der Waals surface area contributed by atoms with Gasteiger partial charge in [0.05, 0.1) is 0 Å².